The molecule has 1 aromatic rings. The molecule has 1 aromatic carbocycles. The molecule has 0 aliphatic rings. The van der Waals surface area contributed by atoms with E-state index in [4.69, 9.17) is 9.47 Å². The van der Waals surface area contributed by atoms with Crippen LogP contribution in [0.25, 0.3) is 0 Å². The van der Waals surface area contributed by atoms with Crippen LogP contribution in [0.4, 0.5) is 0 Å². The zero-order chi connectivity index (χ0) is 10.6. The molecule has 0 radical (unpaired) electrons. The number of alkyl halides is 1. The smallest absolute Gasteiger partial charge is 0.128 e. The Morgan fingerprint density at radius 3 is 2.57 bits per heavy atom. The molecule has 0 bridgehead atoms. The van der Waals surface area contributed by atoms with Gasteiger partial charge in [0, 0.05) is 17.0 Å². The first-order valence-electron chi connectivity index (χ1n) is 4.19. The van der Waals surface area contributed by atoms with Crippen LogP contribution in [0, 0.1) is 0 Å². The van der Waals surface area contributed by atoms with Gasteiger partial charge in [-0.3, -0.25) is 0 Å². The average molecular weight is 261 g/mol. The third-order valence-corrected chi connectivity index (χ3v) is 2.56. The highest BCUT2D eigenvalue weighted by molar-refractivity contribution is 9.09. The second-order valence-electron chi connectivity index (χ2n) is 2.78. The molecule has 78 valence electrons. The number of aliphatic hydroxyl groups is 1. The Morgan fingerprint density at radius 2 is 2.07 bits per heavy atom. The summed E-state index contributed by atoms with van der Waals surface area (Å²) in [4.78, 5) is 0. The number of benzene rings is 1. The van der Waals surface area contributed by atoms with E-state index in [9.17, 15) is 5.11 Å². The number of hydrogen-bond donors (Lipinski definition) is 1. The second-order valence-corrected chi connectivity index (χ2v) is 3.43. The van der Waals surface area contributed by atoms with Crippen molar-refractivity contribution in [2.75, 3.05) is 19.5 Å². The molecule has 0 aliphatic heterocycles. The van der Waals surface area contributed by atoms with E-state index >= 15 is 0 Å². The van der Waals surface area contributed by atoms with Crippen molar-refractivity contribution < 1.29 is 14.6 Å². The molecule has 1 atom stereocenters. The molecule has 0 amide bonds. The highest BCUT2D eigenvalue weighted by Crippen LogP contribution is 2.29. The van der Waals surface area contributed by atoms with Crippen LogP contribution in [0.5, 0.6) is 11.5 Å². The van der Waals surface area contributed by atoms with E-state index in [-0.39, 0.29) is 0 Å². The van der Waals surface area contributed by atoms with Crippen LogP contribution < -0.4 is 9.47 Å². The van der Waals surface area contributed by atoms with Gasteiger partial charge in [-0.2, -0.15) is 0 Å². The predicted molar refractivity (Wildman–Crippen MR) is 58.3 cm³/mol. The van der Waals surface area contributed by atoms with Gasteiger partial charge in [-0.1, -0.05) is 15.9 Å². The Balaban J connectivity index is 3.04. The fourth-order valence-corrected chi connectivity index (χ4v) is 1.53. The fourth-order valence-electron chi connectivity index (χ4n) is 1.18. The van der Waals surface area contributed by atoms with Crippen LogP contribution in [0.2, 0.25) is 0 Å². The van der Waals surface area contributed by atoms with E-state index in [1.807, 2.05) is 0 Å². The van der Waals surface area contributed by atoms with Crippen LogP contribution in [0.1, 0.15) is 11.7 Å². The van der Waals surface area contributed by atoms with Crippen molar-refractivity contribution in [1.82, 2.24) is 0 Å². The van der Waals surface area contributed by atoms with Crippen molar-refractivity contribution in [1.29, 1.82) is 0 Å². The van der Waals surface area contributed by atoms with Gasteiger partial charge < -0.3 is 14.6 Å². The number of aliphatic hydroxyl groups excluding tert-OH is 1. The molecular formula is C10H13BrO3. The summed E-state index contributed by atoms with van der Waals surface area (Å²) < 4.78 is 10.2. The van der Waals surface area contributed by atoms with E-state index in [0.717, 1.165) is 5.56 Å². The minimum absolute atomic E-state index is 0.482. The van der Waals surface area contributed by atoms with E-state index in [1.165, 1.54) is 0 Å². The number of halogens is 1. The maximum atomic E-state index is 9.64. The van der Waals surface area contributed by atoms with Crippen molar-refractivity contribution in [2.45, 2.75) is 6.10 Å². The second kappa shape index (κ2) is 5.22. The summed E-state index contributed by atoms with van der Waals surface area (Å²) in [5, 5.41) is 10.1. The van der Waals surface area contributed by atoms with Crippen LogP contribution >= 0.6 is 15.9 Å². The van der Waals surface area contributed by atoms with Gasteiger partial charge in [-0.05, 0) is 12.1 Å². The molecule has 0 aromatic heterocycles. The van der Waals surface area contributed by atoms with Crippen molar-refractivity contribution >= 4 is 15.9 Å². The van der Waals surface area contributed by atoms with Crippen molar-refractivity contribution in [3.05, 3.63) is 23.8 Å². The Morgan fingerprint density at radius 1 is 1.36 bits per heavy atom. The van der Waals surface area contributed by atoms with Crippen molar-refractivity contribution in [2.24, 2.45) is 0 Å². The third-order valence-electron chi connectivity index (χ3n) is 1.95. The Hall–Kier alpha value is -0.740. The highest BCUT2D eigenvalue weighted by Gasteiger charge is 2.12. The molecule has 1 N–H and O–H groups in total. The van der Waals surface area contributed by atoms with Gasteiger partial charge in [-0.15, -0.1) is 0 Å². The maximum absolute atomic E-state index is 9.64. The number of methoxy groups -OCH3 is 2. The maximum Gasteiger partial charge on any atom is 0.128 e. The number of hydrogen-bond acceptors (Lipinski definition) is 3. The molecule has 4 heteroatoms. The summed E-state index contributed by atoms with van der Waals surface area (Å²) >= 11 is 3.21. The summed E-state index contributed by atoms with van der Waals surface area (Å²) in [5.41, 5.74) is 0.755. The standard InChI is InChI=1S/C10H13BrO3/c1-13-7-3-4-8(9(12)6-11)10(5-7)14-2/h3-5,9,12H,6H2,1-2H3/t9-/m1/s1. The first-order chi connectivity index (χ1) is 6.72. The molecule has 3 nitrogen and oxygen atoms in total. The predicted octanol–water partition coefficient (Wildman–Crippen LogP) is 2.13. The summed E-state index contributed by atoms with van der Waals surface area (Å²) in [5.74, 6) is 1.35. The summed E-state index contributed by atoms with van der Waals surface area (Å²) in [6.45, 7) is 0. The zero-order valence-corrected chi connectivity index (χ0v) is 9.74. The molecule has 1 rings (SSSR count). The van der Waals surface area contributed by atoms with Crippen LogP contribution in [0.15, 0.2) is 18.2 Å². The van der Waals surface area contributed by atoms with E-state index < -0.39 is 6.10 Å². The summed E-state index contributed by atoms with van der Waals surface area (Å²) in [7, 11) is 3.16. The largest absolute Gasteiger partial charge is 0.497 e. The minimum Gasteiger partial charge on any atom is -0.497 e. The Labute approximate surface area is 91.8 Å². The van der Waals surface area contributed by atoms with Crippen molar-refractivity contribution in [3.8, 4) is 11.5 Å². The molecule has 0 saturated carbocycles. The SMILES string of the molecule is COc1ccc([C@H](O)CBr)c(OC)c1. The van der Waals surface area contributed by atoms with E-state index in [1.54, 1.807) is 32.4 Å². The lowest BCUT2D eigenvalue weighted by atomic mass is 10.1. The minimum atomic E-state index is -0.559. The lowest BCUT2D eigenvalue weighted by Crippen LogP contribution is -2.01. The number of ether oxygens (including phenoxy) is 2. The topological polar surface area (TPSA) is 38.7 Å². The average Bonchev–Trinajstić information content (AvgIpc) is 2.27. The van der Waals surface area contributed by atoms with Gasteiger partial charge in [-0.25, -0.2) is 0 Å². The molecule has 0 spiro atoms. The fraction of sp³-hybridized carbons (Fsp3) is 0.400. The lowest BCUT2D eigenvalue weighted by molar-refractivity contribution is 0.200. The molecule has 0 unspecified atom stereocenters. The first kappa shape index (κ1) is 11.3. The molecule has 0 heterocycles. The molecule has 0 saturated heterocycles. The normalized spacial score (nSPS) is 12.3. The van der Waals surface area contributed by atoms with Gasteiger partial charge >= 0.3 is 0 Å². The van der Waals surface area contributed by atoms with Gasteiger partial charge in [0.2, 0.25) is 0 Å². The van der Waals surface area contributed by atoms with E-state index in [2.05, 4.69) is 15.9 Å². The summed E-state index contributed by atoms with van der Waals surface area (Å²) in [6.07, 6.45) is -0.559. The molecule has 0 fully saturated rings. The number of rotatable bonds is 4. The van der Waals surface area contributed by atoms with Gasteiger partial charge in [0.05, 0.1) is 20.3 Å². The van der Waals surface area contributed by atoms with Crippen LogP contribution in [-0.4, -0.2) is 24.7 Å². The zero-order valence-electron chi connectivity index (χ0n) is 8.16. The monoisotopic (exact) mass is 260 g/mol. The third kappa shape index (κ3) is 2.39. The van der Waals surface area contributed by atoms with Crippen LogP contribution in [-0.2, 0) is 0 Å². The molecule has 0 aliphatic carbocycles. The summed E-state index contributed by atoms with van der Waals surface area (Å²) in [6, 6.07) is 5.34. The van der Waals surface area contributed by atoms with E-state index in [0.29, 0.717) is 16.8 Å². The van der Waals surface area contributed by atoms with Crippen molar-refractivity contribution in [3.63, 3.8) is 0 Å². The Bertz CT molecular complexity index is 301. The van der Waals surface area contributed by atoms with Crippen LogP contribution in [0.3, 0.4) is 0 Å². The molecular weight excluding hydrogens is 248 g/mol. The quantitative estimate of drug-likeness (QED) is 0.844. The lowest BCUT2D eigenvalue weighted by Gasteiger charge is -2.13. The van der Waals surface area contributed by atoms with Gasteiger partial charge in [0.25, 0.3) is 0 Å². The Kier molecular flexibility index (Phi) is 4.22. The highest BCUT2D eigenvalue weighted by atomic mass is 79.9. The van der Waals surface area contributed by atoms with Gasteiger partial charge in [0.1, 0.15) is 11.5 Å². The molecule has 14 heavy (non-hydrogen) atoms. The van der Waals surface area contributed by atoms with Gasteiger partial charge in [0.15, 0.2) is 0 Å². The first-order valence-corrected chi connectivity index (χ1v) is 5.31.